The zero-order valence-corrected chi connectivity index (χ0v) is 10.7. The van der Waals surface area contributed by atoms with Crippen LogP contribution in [0, 0.1) is 0 Å². The van der Waals surface area contributed by atoms with E-state index in [4.69, 9.17) is 5.11 Å². The summed E-state index contributed by atoms with van der Waals surface area (Å²) in [5, 5.41) is 8.54. The van der Waals surface area contributed by atoms with E-state index in [9.17, 15) is 13.2 Å². The first-order valence-electron chi connectivity index (χ1n) is 5.27. The Morgan fingerprint density at radius 1 is 1.38 bits per heavy atom. The molecule has 0 aromatic heterocycles. The van der Waals surface area contributed by atoms with Gasteiger partial charge in [0.2, 0.25) is 15.9 Å². The summed E-state index contributed by atoms with van der Waals surface area (Å²) in [5.41, 5.74) is 0. The summed E-state index contributed by atoms with van der Waals surface area (Å²) in [6.45, 7) is 5.78. The number of carbonyl (C=O) groups is 1. The van der Waals surface area contributed by atoms with E-state index in [0.29, 0.717) is 13.1 Å². The Hall–Kier alpha value is -0.660. The maximum Gasteiger partial charge on any atom is 0.240 e. The predicted octanol–water partition coefficient (Wildman–Crippen LogP) is -0.845. The lowest BCUT2D eigenvalue weighted by Crippen LogP contribution is -2.47. The van der Waals surface area contributed by atoms with E-state index >= 15 is 0 Å². The maximum absolute atomic E-state index is 11.7. The zero-order chi connectivity index (χ0) is 12.8. The number of aliphatic hydroxyl groups is 1. The predicted molar refractivity (Wildman–Crippen MR) is 61.4 cm³/mol. The average molecular weight is 252 g/mol. The van der Waals surface area contributed by atoms with Crippen molar-refractivity contribution in [2.75, 3.05) is 25.4 Å². The van der Waals surface area contributed by atoms with Gasteiger partial charge < -0.3 is 10.0 Å². The molecule has 0 saturated carbocycles. The number of sulfonamides is 1. The van der Waals surface area contributed by atoms with Crippen molar-refractivity contribution in [2.45, 2.75) is 26.8 Å². The van der Waals surface area contributed by atoms with Crippen molar-refractivity contribution in [1.82, 2.24) is 9.62 Å². The van der Waals surface area contributed by atoms with Crippen LogP contribution in [0.1, 0.15) is 20.8 Å². The Morgan fingerprint density at radius 3 is 2.25 bits per heavy atom. The molecule has 0 radical (unpaired) electrons. The monoisotopic (exact) mass is 252 g/mol. The highest BCUT2D eigenvalue weighted by atomic mass is 32.2. The van der Waals surface area contributed by atoms with E-state index in [1.807, 2.05) is 13.8 Å². The van der Waals surface area contributed by atoms with Gasteiger partial charge in [-0.25, -0.2) is 13.1 Å². The molecule has 0 aliphatic rings. The van der Waals surface area contributed by atoms with Crippen molar-refractivity contribution >= 4 is 15.9 Å². The Kier molecular flexibility index (Phi) is 6.54. The molecule has 2 N–H and O–H groups in total. The van der Waals surface area contributed by atoms with Crippen molar-refractivity contribution in [3.05, 3.63) is 0 Å². The SMILES string of the molecule is CCN(CC)C(=O)C(C)NS(=O)(=O)CCO. The molecular formula is C9H20N2O4S. The average Bonchev–Trinajstić information content (AvgIpc) is 2.18. The molecule has 0 spiro atoms. The second-order valence-corrected chi connectivity index (χ2v) is 5.27. The fraction of sp³-hybridized carbons (Fsp3) is 0.889. The van der Waals surface area contributed by atoms with Gasteiger partial charge in [0, 0.05) is 13.1 Å². The third-order valence-electron chi connectivity index (χ3n) is 2.16. The van der Waals surface area contributed by atoms with Crippen LogP contribution in [0.15, 0.2) is 0 Å². The molecule has 0 aromatic rings. The number of carbonyl (C=O) groups excluding carboxylic acids is 1. The molecule has 0 bridgehead atoms. The Morgan fingerprint density at radius 2 is 1.88 bits per heavy atom. The minimum atomic E-state index is -3.57. The number of amides is 1. The van der Waals surface area contributed by atoms with E-state index in [1.54, 1.807) is 4.90 Å². The number of likely N-dealkylation sites (N-methyl/N-ethyl adjacent to an activating group) is 1. The normalized spacial score (nSPS) is 13.5. The molecule has 1 unspecified atom stereocenters. The van der Waals surface area contributed by atoms with Crippen LogP contribution in [0.5, 0.6) is 0 Å². The quantitative estimate of drug-likeness (QED) is 0.618. The standard InChI is InChI=1S/C9H20N2O4S/c1-4-11(5-2)9(13)8(3)10-16(14,15)7-6-12/h8,10,12H,4-7H2,1-3H3. The summed E-state index contributed by atoms with van der Waals surface area (Å²) in [5.74, 6) is -0.644. The molecule has 0 aromatic carbocycles. The van der Waals surface area contributed by atoms with Crippen LogP contribution in [0.25, 0.3) is 0 Å². The summed E-state index contributed by atoms with van der Waals surface area (Å²) in [4.78, 5) is 13.3. The first-order valence-corrected chi connectivity index (χ1v) is 6.92. The summed E-state index contributed by atoms with van der Waals surface area (Å²) >= 11 is 0. The molecule has 1 amide bonds. The number of nitrogens with zero attached hydrogens (tertiary/aromatic N) is 1. The van der Waals surface area contributed by atoms with E-state index in [2.05, 4.69) is 4.72 Å². The minimum absolute atomic E-state index is 0.258. The number of hydrogen-bond donors (Lipinski definition) is 2. The van der Waals surface area contributed by atoms with Crippen molar-refractivity contribution in [2.24, 2.45) is 0 Å². The molecule has 96 valence electrons. The number of nitrogens with one attached hydrogen (secondary N) is 1. The summed E-state index contributed by atoms with van der Waals surface area (Å²) < 4.78 is 24.8. The second-order valence-electron chi connectivity index (χ2n) is 3.39. The lowest BCUT2D eigenvalue weighted by Gasteiger charge is -2.23. The minimum Gasteiger partial charge on any atom is -0.395 e. The first-order chi connectivity index (χ1) is 7.37. The molecule has 6 nitrogen and oxygen atoms in total. The molecule has 0 heterocycles. The van der Waals surface area contributed by atoms with Crippen LogP contribution in [-0.2, 0) is 14.8 Å². The molecular weight excluding hydrogens is 232 g/mol. The van der Waals surface area contributed by atoms with Crippen LogP contribution in [-0.4, -0.2) is 55.8 Å². The third-order valence-corrected chi connectivity index (χ3v) is 3.59. The first kappa shape index (κ1) is 15.3. The number of aliphatic hydroxyl groups excluding tert-OH is 1. The van der Waals surface area contributed by atoms with Gasteiger partial charge in [0.05, 0.1) is 18.4 Å². The smallest absolute Gasteiger partial charge is 0.240 e. The molecule has 0 fully saturated rings. The maximum atomic E-state index is 11.7. The molecule has 16 heavy (non-hydrogen) atoms. The lowest BCUT2D eigenvalue weighted by atomic mass is 10.3. The summed E-state index contributed by atoms with van der Waals surface area (Å²) in [7, 11) is -3.57. The molecule has 1 atom stereocenters. The Bertz CT molecular complexity index is 311. The van der Waals surface area contributed by atoms with Crippen molar-refractivity contribution in [1.29, 1.82) is 0 Å². The largest absolute Gasteiger partial charge is 0.395 e. The Labute approximate surface area is 96.7 Å². The van der Waals surface area contributed by atoms with Gasteiger partial charge in [-0.1, -0.05) is 0 Å². The van der Waals surface area contributed by atoms with Gasteiger partial charge in [0.15, 0.2) is 0 Å². The fourth-order valence-corrected chi connectivity index (χ4v) is 2.31. The van der Waals surface area contributed by atoms with Gasteiger partial charge in [0.25, 0.3) is 0 Å². The third kappa shape index (κ3) is 4.91. The molecule has 0 rings (SSSR count). The number of rotatable bonds is 7. The fourth-order valence-electron chi connectivity index (χ4n) is 1.31. The Balaban J connectivity index is 4.46. The van der Waals surface area contributed by atoms with Crippen LogP contribution < -0.4 is 4.72 Å². The van der Waals surface area contributed by atoms with E-state index < -0.39 is 22.7 Å². The lowest BCUT2D eigenvalue weighted by molar-refractivity contribution is -0.132. The van der Waals surface area contributed by atoms with Crippen LogP contribution in [0.4, 0.5) is 0 Å². The molecule has 0 aliphatic heterocycles. The summed E-state index contributed by atoms with van der Waals surface area (Å²) in [6.07, 6.45) is 0. The highest BCUT2D eigenvalue weighted by molar-refractivity contribution is 7.89. The second kappa shape index (κ2) is 6.82. The van der Waals surface area contributed by atoms with E-state index in [0.717, 1.165) is 0 Å². The molecule has 0 saturated heterocycles. The van der Waals surface area contributed by atoms with E-state index in [1.165, 1.54) is 6.92 Å². The topological polar surface area (TPSA) is 86.7 Å². The van der Waals surface area contributed by atoms with Crippen molar-refractivity contribution in [3.8, 4) is 0 Å². The van der Waals surface area contributed by atoms with Crippen molar-refractivity contribution in [3.63, 3.8) is 0 Å². The van der Waals surface area contributed by atoms with Gasteiger partial charge in [-0.05, 0) is 20.8 Å². The summed E-state index contributed by atoms with van der Waals surface area (Å²) in [6, 6.07) is -0.795. The molecule has 7 heteroatoms. The van der Waals surface area contributed by atoms with Gasteiger partial charge >= 0.3 is 0 Å². The number of hydrogen-bond acceptors (Lipinski definition) is 4. The van der Waals surface area contributed by atoms with Crippen LogP contribution in [0.2, 0.25) is 0 Å². The van der Waals surface area contributed by atoms with Crippen molar-refractivity contribution < 1.29 is 18.3 Å². The van der Waals surface area contributed by atoms with Gasteiger partial charge in [-0.15, -0.1) is 0 Å². The zero-order valence-electron chi connectivity index (χ0n) is 9.93. The van der Waals surface area contributed by atoms with Crippen LogP contribution in [0.3, 0.4) is 0 Å². The van der Waals surface area contributed by atoms with E-state index in [-0.39, 0.29) is 11.7 Å². The highest BCUT2D eigenvalue weighted by Gasteiger charge is 2.22. The van der Waals surface area contributed by atoms with Gasteiger partial charge in [0.1, 0.15) is 0 Å². The highest BCUT2D eigenvalue weighted by Crippen LogP contribution is 1.97. The van der Waals surface area contributed by atoms with Gasteiger partial charge in [-0.2, -0.15) is 0 Å². The van der Waals surface area contributed by atoms with Gasteiger partial charge in [-0.3, -0.25) is 4.79 Å². The molecule has 0 aliphatic carbocycles. The van der Waals surface area contributed by atoms with Crippen LogP contribution >= 0.6 is 0 Å².